The van der Waals surface area contributed by atoms with E-state index in [0.29, 0.717) is 5.92 Å². The highest BCUT2D eigenvalue weighted by atomic mass is 16.2. The van der Waals surface area contributed by atoms with E-state index in [1.807, 2.05) is 13.8 Å². The first-order chi connectivity index (χ1) is 8.88. The molecule has 108 valence electrons. The Morgan fingerprint density at radius 2 is 1.95 bits per heavy atom. The van der Waals surface area contributed by atoms with E-state index in [0.717, 1.165) is 38.9 Å². The first-order valence-corrected chi connectivity index (χ1v) is 7.31. The third kappa shape index (κ3) is 4.83. The van der Waals surface area contributed by atoms with Gasteiger partial charge in [-0.15, -0.1) is 0 Å². The summed E-state index contributed by atoms with van der Waals surface area (Å²) < 4.78 is 0. The summed E-state index contributed by atoms with van der Waals surface area (Å²) in [6.07, 6.45) is 2.73. The summed E-state index contributed by atoms with van der Waals surface area (Å²) in [4.78, 5) is 14.2. The van der Waals surface area contributed by atoms with Gasteiger partial charge in [-0.2, -0.15) is 5.26 Å². The van der Waals surface area contributed by atoms with Crippen molar-refractivity contribution < 1.29 is 4.79 Å². The maximum Gasteiger partial charge on any atom is 0.237 e. The molecule has 1 unspecified atom stereocenters. The van der Waals surface area contributed by atoms with E-state index in [4.69, 9.17) is 5.26 Å². The summed E-state index contributed by atoms with van der Waals surface area (Å²) >= 11 is 0. The van der Waals surface area contributed by atoms with Gasteiger partial charge in [-0.1, -0.05) is 13.8 Å². The zero-order chi connectivity index (χ0) is 14.5. The summed E-state index contributed by atoms with van der Waals surface area (Å²) in [7, 11) is 0. The number of carbonyl (C=O) groups excluding carboxylic acids is 1. The van der Waals surface area contributed by atoms with Crippen LogP contribution in [0.2, 0.25) is 0 Å². The molecule has 0 aromatic carbocycles. The molecule has 0 radical (unpaired) electrons. The molecule has 1 amide bonds. The smallest absolute Gasteiger partial charge is 0.237 e. The van der Waals surface area contributed by atoms with Crippen molar-refractivity contribution in [1.29, 1.82) is 5.26 Å². The molecule has 0 spiro atoms. The zero-order valence-corrected chi connectivity index (χ0v) is 12.7. The number of nitriles is 1. The molecule has 0 aromatic rings. The standard InChI is InChI=1S/C15H27N3O/c1-12(2)5-8-17-14(19)13(3)18-9-6-15(4,11-16)7-10-18/h12-13H,5-10H2,1-4H3,(H,17,19). The molecule has 19 heavy (non-hydrogen) atoms. The van der Waals surface area contributed by atoms with Gasteiger partial charge in [0.05, 0.1) is 17.5 Å². The average molecular weight is 265 g/mol. The van der Waals surface area contributed by atoms with Crippen molar-refractivity contribution in [3.8, 4) is 6.07 Å². The maximum absolute atomic E-state index is 12.0. The highest BCUT2D eigenvalue weighted by molar-refractivity contribution is 5.81. The molecule has 0 aromatic heterocycles. The summed E-state index contributed by atoms with van der Waals surface area (Å²) in [6, 6.07) is 2.30. The van der Waals surface area contributed by atoms with Gasteiger partial charge in [-0.25, -0.2) is 0 Å². The summed E-state index contributed by atoms with van der Waals surface area (Å²) in [6.45, 7) is 10.7. The Kier molecular flexibility index (Phi) is 5.81. The van der Waals surface area contributed by atoms with E-state index in [2.05, 4.69) is 30.1 Å². The van der Waals surface area contributed by atoms with E-state index in [-0.39, 0.29) is 17.4 Å². The number of amides is 1. The molecule has 0 saturated carbocycles. The predicted octanol–water partition coefficient (Wildman–Crippen LogP) is 2.16. The topological polar surface area (TPSA) is 56.1 Å². The Labute approximate surface area is 117 Å². The van der Waals surface area contributed by atoms with Crippen LogP contribution in [0.25, 0.3) is 0 Å². The Balaban J connectivity index is 2.36. The van der Waals surface area contributed by atoms with Crippen molar-refractivity contribution in [2.45, 2.75) is 53.0 Å². The number of likely N-dealkylation sites (tertiary alicyclic amines) is 1. The van der Waals surface area contributed by atoms with Crippen molar-refractivity contribution in [3.05, 3.63) is 0 Å². The van der Waals surface area contributed by atoms with Gasteiger partial charge < -0.3 is 5.32 Å². The highest BCUT2D eigenvalue weighted by Gasteiger charge is 2.33. The Bertz CT molecular complexity index is 338. The van der Waals surface area contributed by atoms with Gasteiger partial charge in [-0.3, -0.25) is 9.69 Å². The summed E-state index contributed by atoms with van der Waals surface area (Å²) in [5.41, 5.74) is -0.204. The minimum absolute atomic E-state index is 0.0876. The second-order valence-electron chi connectivity index (χ2n) is 6.36. The average Bonchev–Trinajstić information content (AvgIpc) is 2.38. The van der Waals surface area contributed by atoms with E-state index in [9.17, 15) is 4.79 Å². The summed E-state index contributed by atoms with van der Waals surface area (Å²) in [5.74, 6) is 0.725. The quantitative estimate of drug-likeness (QED) is 0.829. The molecule has 1 rings (SSSR count). The number of hydrogen-bond acceptors (Lipinski definition) is 3. The monoisotopic (exact) mass is 265 g/mol. The van der Waals surface area contributed by atoms with E-state index < -0.39 is 0 Å². The molecular formula is C15H27N3O. The van der Waals surface area contributed by atoms with Crippen LogP contribution >= 0.6 is 0 Å². The molecule has 1 N–H and O–H groups in total. The van der Waals surface area contributed by atoms with Crippen molar-refractivity contribution >= 4 is 5.91 Å². The van der Waals surface area contributed by atoms with Crippen LogP contribution in [0.3, 0.4) is 0 Å². The number of nitrogens with zero attached hydrogens (tertiary/aromatic N) is 2. The van der Waals surface area contributed by atoms with Gasteiger partial charge in [0, 0.05) is 19.6 Å². The minimum Gasteiger partial charge on any atom is -0.355 e. The molecule has 1 fully saturated rings. The molecule has 1 saturated heterocycles. The fraction of sp³-hybridized carbons (Fsp3) is 0.867. The first kappa shape index (κ1) is 16.0. The lowest BCUT2D eigenvalue weighted by Gasteiger charge is -2.37. The van der Waals surface area contributed by atoms with E-state index in [1.54, 1.807) is 0 Å². The lowest BCUT2D eigenvalue weighted by atomic mass is 9.81. The lowest BCUT2D eigenvalue weighted by Crippen LogP contribution is -2.49. The van der Waals surface area contributed by atoms with Gasteiger partial charge >= 0.3 is 0 Å². The lowest BCUT2D eigenvalue weighted by molar-refractivity contribution is -0.126. The van der Waals surface area contributed by atoms with Gasteiger partial charge in [0.25, 0.3) is 0 Å². The van der Waals surface area contributed by atoms with E-state index >= 15 is 0 Å². The van der Waals surface area contributed by atoms with Crippen molar-refractivity contribution in [3.63, 3.8) is 0 Å². The molecule has 4 nitrogen and oxygen atoms in total. The van der Waals surface area contributed by atoms with Crippen LogP contribution in [0.15, 0.2) is 0 Å². The fourth-order valence-electron chi connectivity index (χ4n) is 2.31. The number of hydrogen-bond donors (Lipinski definition) is 1. The van der Waals surface area contributed by atoms with Crippen LogP contribution in [-0.2, 0) is 4.79 Å². The molecule has 1 heterocycles. The van der Waals surface area contributed by atoms with Gasteiger partial charge in [0.15, 0.2) is 0 Å². The first-order valence-electron chi connectivity index (χ1n) is 7.31. The highest BCUT2D eigenvalue weighted by Crippen LogP contribution is 2.30. The number of nitrogens with one attached hydrogen (secondary N) is 1. The van der Waals surface area contributed by atoms with Crippen LogP contribution < -0.4 is 5.32 Å². The van der Waals surface area contributed by atoms with E-state index in [1.165, 1.54) is 0 Å². The van der Waals surface area contributed by atoms with Gasteiger partial charge in [0.1, 0.15) is 0 Å². The Morgan fingerprint density at radius 3 is 2.42 bits per heavy atom. The second kappa shape index (κ2) is 6.91. The normalized spacial score (nSPS) is 20.8. The molecule has 1 atom stereocenters. The fourth-order valence-corrected chi connectivity index (χ4v) is 2.31. The van der Waals surface area contributed by atoms with Gasteiger partial charge in [-0.05, 0) is 39.0 Å². The molecule has 4 heteroatoms. The third-order valence-electron chi connectivity index (χ3n) is 4.12. The minimum atomic E-state index is -0.204. The zero-order valence-electron chi connectivity index (χ0n) is 12.7. The van der Waals surface area contributed by atoms with Crippen molar-refractivity contribution in [1.82, 2.24) is 10.2 Å². The maximum atomic E-state index is 12.0. The number of piperidine rings is 1. The molecule has 1 aliphatic heterocycles. The van der Waals surface area contributed by atoms with Crippen LogP contribution in [0.4, 0.5) is 0 Å². The molecular weight excluding hydrogens is 238 g/mol. The third-order valence-corrected chi connectivity index (χ3v) is 4.12. The van der Waals surface area contributed by atoms with Crippen LogP contribution in [-0.4, -0.2) is 36.5 Å². The van der Waals surface area contributed by atoms with Crippen LogP contribution in [0.1, 0.15) is 47.0 Å². The predicted molar refractivity (Wildman–Crippen MR) is 76.5 cm³/mol. The Morgan fingerprint density at radius 1 is 1.37 bits per heavy atom. The van der Waals surface area contributed by atoms with Crippen molar-refractivity contribution in [2.75, 3.05) is 19.6 Å². The Hall–Kier alpha value is -1.08. The number of carbonyl (C=O) groups is 1. The molecule has 0 bridgehead atoms. The molecule has 1 aliphatic rings. The van der Waals surface area contributed by atoms with Crippen molar-refractivity contribution in [2.24, 2.45) is 11.3 Å². The molecule has 0 aliphatic carbocycles. The van der Waals surface area contributed by atoms with Gasteiger partial charge in [0.2, 0.25) is 5.91 Å². The van der Waals surface area contributed by atoms with Crippen LogP contribution in [0, 0.1) is 22.7 Å². The second-order valence-corrected chi connectivity index (χ2v) is 6.36. The largest absolute Gasteiger partial charge is 0.355 e. The SMILES string of the molecule is CC(C)CCNC(=O)C(C)N1CCC(C)(C#N)CC1. The van der Waals surface area contributed by atoms with Crippen LogP contribution in [0.5, 0.6) is 0 Å². The summed E-state index contributed by atoms with van der Waals surface area (Å²) in [5, 5.41) is 12.1. The number of rotatable bonds is 5.